The van der Waals surface area contributed by atoms with Crippen LogP contribution in [-0.2, 0) is 14.8 Å². The van der Waals surface area contributed by atoms with Gasteiger partial charge in [-0.3, -0.25) is 4.79 Å². The molecule has 1 aliphatic heterocycles. The summed E-state index contributed by atoms with van der Waals surface area (Å²) in [5.74, 6) is 0.276. The molecule has 1 heterocycles. The Morgan fingerprint density at radius 2 is 1.71 bits per heavy atom. The second kappa shape index (κ2) is 6.77. The van der Waals surface area contributed by atoms with Crippen molar-refractivity contribution in [3.63, 3.8) is 0 Å². The Balaban J connectivity index is 2.04. The minimum atomic E-state index is -3.47. The molecule has 0 spiro atoms. The third kappa shape index (κ3) is 3.75. The zero-order valence-electron chi connectivity index (χ0n) is 12.0. The first-order chi connectivity index (χ1) is 9.95. The molecule has 2 rings (SSSR count). The van der Waals surface area contributed by atoms with Crippen LogP contribution in [0.2, 0.25) is 0 Å². The molecule has 0 aliphatic carbocycles. The number of sulfonamides is 1. The lowest BCUT2D eigenvalue weighted by Gasteiger charge is -2.34. The maximum Gasteiger partial charge on any atom is 0.243 e. The Bertz CT molecular complexity index is 593. The monoisotopic (exact) mass is 330 g/mol. The minimum Gasteiger partial charge on any atom is -0.340 e. The average molecular weight is 331 g/mol. The van der Waals surface area contributed by atoms with Gasteiger partial charge in [0.05, 0.1) is 4.90 Å². The van der Waals surface area contributed by atoms with Crippen LogP contribution in [0.15, 0.2) is 29.2 Å². The van der Waals surface area contributed by atoms with E-state index < -0.39 is 10.0 Å². The molecule has 1 aromatic carbocycles. The second-order valence-electron chi connectivity index (χ2n) is 5.04. The van der Waals surface area contributed by atoms with Gasteiger partial charge in [-0.1, -0.05) is 17.7 Å². The molecule has 0 aromatic heterocycles. The Labute approximate surface area is 130 Å². The molecule has 1 aliphatic rings. The van der Waals surface area contributed by atoms with Gasteiger partial charge in [0, 0.05) is 38.5 Å². The maximum atomic E-state index is 12.5. The fourth-order valence-electron chi connectivity index (χ4n) is 2.28. The van der Waals surface area contributed by atoms with Gasteiger partial charge in [0.15, 0.2) is 0 Å². The lowest BCUT2D eigenvalue weighted by molar-refractivity contribution is -0.131. The van der Waals surface area contributed by atoms with E-state index in [1.165, 1.54) is 4.31 Å². The molecule has 1 aromatic rings. The van der Waals surface area contributed by atoms with E-state index in [4.69, 9.17) is 11.6 Å². The van der Waals surface area contributed by atoms with E-state index in [0.717, 1.165) is 5.56 Å². The van der Waals surface area contributed by atoms with E-state index in [1.807, 2.05) is 6.92 Å². The van der Waals surface area contributed by atoms with Crippen molar-refractivity contribution in [1.29, 1.82) is 0 Å². The molecular formula is C14H19ClN2O3S. The summed E-state index contributed by atoms with van der Waals surface area (Å²) in [4.78, 5) is 13.7. The molecule has 1 fully saturated rings. The molecule has 5 nitrogen and oxygen atoms in total. The summed E-state index contributed by atoms with van der Waals surface area (Å²) < 4.78 is 26.4. The van der Waals surface area contributed by atoms with Crippen molar-refractivity contribution in [1.82, 2.24) is 9.21 Å². The number of piperazine rings is 1. The standard InChI is InChI=1S/C14H19ClN2O3S/c1-12-2-4-13(5-3-12)21(19,20)17-10-8-16(9-11-17)14(18)6-7-15/h2-5H,6-11H2,1H3. The van der Waals surface area contributed by atoms with E-state index in [0.29, 0.717) is 43.4 Å². The van der Waals surface area contributed by atoms with Gasteiger partial charge < -0.3 is 4.90 Å². The predicted octanol–water partition coefficient (Wildman–Crippen LogP) is 1.46. The molecule has 21 heavy (non-hydrogen) atoms. The molecule has 1 saturated heterocycles. The smallest absolute Gasteiger partial charge is 0.243 e. The van der Waals surface area contributed by atoms with Crippen LogP contribution in [-0.4, -0.2) is 55.6 Å². The highest BCUT2D eigenvalue weighted by molar-refractivity contribution is 7.89. The molecule has 0 radical (unpaired) electrons. The SMILES string of the molecule is Cc1ccc(S(=O)(=O)N2CCN(C(=O)CCCl)CC2)cc1. The Morgan fingerprint density at radius 3 is 2.24 bits per heavy atom. The molecule has 0 unspecified atom stereocenters. The van der Waals surface area contributed by atoms with Gasteiger partial charge in [-0.25, -0.2) is 8.42 Å². The molecule has 116 valence electrons. The number of carbonyl (C=O) groups excluding carboxylic acids is 1. The van der Waals surface area contributed by atoms with Crippen molar-refractivity contribution in [2.24, 2.45) is 0 Å². The highest BCUT2D eigenvalue weighted by Gasteiger charge is 2.29. The number of rotatable bonds is 4. The Kier molecular flexibility index (Phi) is 5.24. The summed E-state index contributed by atoms with van der Waals surface area (Å²) in [6, 6.07) is 6.81. The van der Waals surface area contributed by atoms with Crippen LogP contribution in [0.3, 0.4) is 0 Å². The first-order valence-corrected chi connectivity index (χ1v) is 8.83. The van der Waals surface area contributed by atoms with Gasteiger partial charge in [-0.05, 0) is 19.1 Å². The van der Waals surface area contributed by atoms with Crippen LogP contribution in [0, 0.1) is 6.92 Å². The number of amides is 1. The zero-order valence-corrected chi connectivity index (χ0v) is 13.5. The largest absolute Gasteiger partial charge is 0.340 e. The van der Waals surface area contributed by atoms with Crippen LogP contribution < -0.4 is 0 Å². The van der Waals surface area contributed by atoms with Crippen molar-refractivity contribution >= 4 is 27.5 Å². The van der Waals surface area contributed by atoms with Crippen LogP contribution in [0.5, 0.6) is 0 Å². The number of aryl methyl sites for hydroxylation is 1. The molecule has 0 atom stereocenters. The van der Waals surface area contributed by atoms with E-state index in [2.05, 4.69) is 0 Å². The number of hydrogen-bond acceptors (Lipinski definition) is 3. The summed E-state index contributed by atoms with van der Waals surface area (Å²) in [7, 11) is -3.47. The van der Waals surface area contributed by atoms with Crippen molar-refractivity contribution in [2.45, 2.75) is 18.2 Å². The van der Waals surface area contributed by atoms with Gasteiger partial charge in [-0.2, -0.15) is 4.31 Å². The highest BCUT2D eigenvalue weighted by atomic mass is 35.5. The highest BCUT2D eigenvalue weighted by Crippen LogP contribution is 2.18. The molecule has 1 amide bonds. The second-order valence-corrected chi connectivity index (χ2v) is 7.35. The molecular weight excluding hydrogens is 312 g/mol. The van der Waals surface area contributed by atoms with Crippen LogP contribution in [0.25, 0.3) is 0 Å². The summed E-state index contributed by atoms with van der Waals surface area (Å²) >= 11 is 5.56. The lowest BCUT2D eigenvalue weighted by Crippen LogP contribution is -2.50. The fraction of sp³-hybridized carbons (Fsp3) is 0.500. The summed E-state index contributed by atoms with van der Waals surface area (Å²) in [6.07, 6.45) is 0.298. The maximum absolute atomic E-state index is 12.5. The van der Waals surface area contributed by atoms with Crippen molar-refractivity contribution in [3.05, 3.63) is 29.8 Å². The molecule has 0 saturated carbocycles. The van der Waals surface area contributed by atoms with Gasteiger partial charge in [0.25, 0.3) is 0 Å². The van der Waals surface area contributed by atoms with Crippen LogP contribution in [0.1, 0.15) is 12.0 Å². The van der Waals surface area contributed by atoms with Crippen molar-refractivity contribution in [2.75, 3.05) is 32.1 Å². The Hall–Kier alpha value is -1.11. The quantitative estimate of drug-likeness (QED) is 0.785. The number of carbonyl (C=O) groups is 1. The van der Waals surface area contributed by atoms with E-state index in [-0.39, 0.29) is 5.91 Å². The summed E-state index contributed by atoms with van der Waals surface area (Å²) in [5.41, 5.74) is 1.02. The first kappa shape index (κ1) is 16.3. The Morgan fingerprint density at radius 1 is 1.14 bits per heavy atom. The minimum absolute atomic E-state index is 0.0163. The summed E-state index contributed by atoms with van der Waals surface area (Å²) in [5, 5.41) is 0. The third-order valence-corrected chi connectivity index (χ3v) is 5.66. The zero-order chi connectivity index (χ0) is 15.5. The van der Waals surface area contributed by atoms with E-state index in [9.17, 15) is 13.2 Å². The van der Waals surface area contributed by atoms with E-state index >= 15 is 0 Å². The van der Waals surface area contributed by atoms with Crippen LogP contribution in [0.4, 0.5) is 0 Å². The van der Waals surface area contributed by atoms with Gasteiger partial charge in [-0.15, -0.1) is 11.6 Å². The number of benzene rings is 1. The number of hydrogen-bond donors (Lipinski definition) is 0. The van der Waals surface area contributed by atoms with E-state index in [1.54, 1.807) is 29.2 Å². The fourth-order valence-corrected chi connectivity index (χ4v) is 3.86. The molecule has 0 N–H and O–H groups in total. The molecule has 7 heteroatoms. The van der Waals surface area contributed by atoms with Crippen molar-refractivity contribution in [3.8, 4) is 0 Å². The topological polar surface area (TPSA) is 57.7 Å². The number of halogens is 1. The third-order valence-electron chi connectivity index (χ3n) is 3.56. The predicted molar refractivity (Wildman–Crippen MR) is 81.9 cm³/mol. The number of nitrogens with zero attached hydrogens (tertiary/aromatic N) is 2. The van der Waals surface area contributed by atoms with Gasteiger partial charge in [0.2, 0.25) is 15.9 Å². The average Bonchev–Trinajstić information content (AvgIpc) is 2.48. The van der Waals surface area contributed by atoms with Gasteiger partial charge >= 0.3 is 0 Å². The van der Waals surface area contributed by atoms with Crippen molar-refractivity contribution < 1.29 is 13.2 Å². The first-order valence-electron chi connectivity index (χ1n) is 6.85. The number of alkyl halides is 1. The van der Waals surface area contributed by atoms with Gasteiger partial charge in [0.1, 0.15) is 0 Å². The normalized spacial score (nSPS) is 17.0. The lowest BCUT2D eigenvalue weighted by atomic mass is 10.2. The van der Waals surface area contributed by atoms with Crippen LogP contribution >= 0.6 is 11.6 Å². The molecule has 0 bridgehead atoms. The summed E-state index contributed by atoms with van der Waals surface area (Å²) in [6.45, 7) is 3.40.